The summed E-state index contributed by atoms with van der Waals surface area (Å²) in [6.45, 7) is 1.75. The van der Waals surface area contributed by atoms with Gasteiger partial charge in [0.15, 0.2) is 0 Å². The van der Waals surface area contributed by atoms with Gasteiger partial charge in [-0.15, -0.1) is 0 Å². The molecule has 0 bridgehead atoms. The fourth-order valence-electron chi connectivity index (χ4n) is 1.93. The summed E-state index contributed by atoms with van der Waals surface area (Å²) in [5.41, 5.74) is 4.56. The lowest BCUT2D eigenvalue weighted by molar-refractivity contribution is -0.139. The van der Waals surface area contributed by atoms with Crippen molar-refractivity contribution in [3.05, 3.63) is 42.5 Å². The molecule has 0 radical (unpaired) electrons. The molecule has 0 unspecified atom stereocenters. The van der Waals surface area contributed by atoms with Crippen molar-refractivity contribution in [3.63, 3.8) is 0 Å². The summed E-state index contributed by atoms with van der Waals surface area (Å²) in [5, 5.41) is 10.6. The van der Waals surface area contributed by atoms with Crippen molar-refractivity contribution < 1.29 is 9.59 Å². The van der Waals surface area contributed by atoms with Crippen LogP contribution in [-0.2, 0) is 9.59 Å². The van der Waals surface area contributed by atoms with Crippen molar-refractivity contribution in [1.82, 2.24) is 25.5 Å². The zero-order chi connectivity index (χ0) is 16.2. The first-order chi connectivity index (χ1) is 11.1. The first-order valence-electron chi connectivity index (χ1n) is 7.24. The lowest BCUT2D eigenvalue weighted by Gasteiger charge is -2.05. The number of benzene rings is 1. The van der Waals surface area contributed by atoms with E-state index in [2.05, 4.69) is 25.9 Å². The number of hydrogen-bond acceptors (Lipinski definition) is 5. The Labute approximate surface area is 132 Å². The first kappa shape index (κ1) is 14.9. The SMILES string of the molecule is C/C(=N/NC(=O)C(=O)NC1CC1)c1ccc(-n2cncn2)cc1. The summed E-state index contributed by atoms with van der Waals surface area (Å²) in [6.07, 6.45) is 4.93. The van der Waals surface area contributed by atoms with Crippen molar-refractivity contribution in [2.75, 3.05) is 0 Å². The largest absolute Gasteiger partial charge is 0.345 e. The molecule has 2 amide bonds. The molecule has 1 fully saturated rings. The van der Waals surface area contributed by atoms with Gasteiger partial charge in [0.1, 0.15) is 12.7 Å². The molecule has 0 aliphatic heterocycles. The number of hydrazone groups is 1. The van der Waals surface area contributed by atoms with Crippen LogP contribution < -0.4 is 10.7 Å². The van der Waals surface area contributed by atoms with E-state index in [1.54, 1.807) is 17.9 Å². The predicted molar refractivity (Wildman–Crippen MR) is 82.9 cm³/mol. The second kappa shape index (κ2) is 6.39. The molecule has 2 N–H and O–H groups in total. The van der Waals surface area contributed by atoms with E-state index in [1.165, 1.54) is 6.33 Å². The quantitative estimate of drug-likeness (QED) is 0.484. The Morgan fingerprint density at radius 3 is 2.57 bits per heavy atom. The van der Waals surface area contributed by atoms with Crippen LogP contribution >= 0.6 is 0 Å². The van der Waals surface area contributed by atoms with E-state index in [0.29, 0.717) is 5.71 Å². The van der Waals surface area contributed by atoms with Gasteiger partial charge in [0.25, 0.3) is 0 Å². The monoisotopic (exact) mass is 312 g/mol. The molecule has 1 aliphatic carbocycles. The van der Waals surface area contributed by atoms with Crippen LogP contribution in [0.3, 0.4) is 0 Å². The molecule has 1 heterocycles. The zero-order valence-electron chi connectivity index (χ0n) is 12.6. The molecule has 23 heavy (non-hydrogen) atoms. The fraction of sp³-hybridized carbons (Fsp3) is 0.267. The van der Waals surface area contributed by atoms with Crippen LogP contribution in [0.1, 0.15) is 25.3 Å². The summed E-state index contributed by atoms with van der Waals surface area (Å²) in [5.74, 6) is -1.40. The molecule has 118 valence electrons. The molecule has 3 rings (SSSR count). The maximum Gasteiger partial charge on any atom is 0.329 e. The Morgan fingerprint density at radius 1 is 1.22 bits per heavy atom. The summed E-state index contributed by atoms with van der Waals surface area (Å²) < 4.78 is 1.64. The van der Waals surface area contributed by atoms with Gasteiger partial charge in [0.2, 0.25) is 0 Å². The maximum atomic E-state index is 11.6. The van der Waals surface area contributed by atoms with E-state index in [-0.39, 0.29) is 6.04 Å². The summed E-state index contributed by atoms with van der Waals surface area (Å²) in [4.78, 5) is 27.0. The number of carbonyl (C=O) groups excluding carboxylic acids is 2. The molecule has 8 heteroatoms. The lowest BCUT2D eigenvalue weighted by Crippen LogP contribution is -2.39. The van der Waals surface area contributed by atoms with Crippen molar-refractivity contribution >= 4 is 17.5 Å². The van der Waals surface area contributed by atoms with Gasteiger partial charge in [-0.2, -0.15) is 10.2 Å². The molecule has 8 nitrogen and oxygen atoms in total. The molecule has 0 spiro atoms. The van der Waals surface area contributed by atoms with E-state index < -0.39 is 11.8 Å². The van der Waals surface area contributed by atoms with Crippen molar-refractivity contribution in [2.24, 2.45) is 5.10 Å². The maximum absolute atomic E-state index is 11.6. The number of amides is 2. The van der Waals surface area contributed by atoms with Gasteiger partial charge >= 0.3 is 11.8 Å². The third kappa shape index (κ3) is 3.79. The number of carbonyl (C=O) groups is 2. The van der Waals surface area contributed by atoms with Crippen LogP contribution in [-0.4, -0.2) is 38.3 Å². The lowest BCUT2D eigenvalue weighted by atomic mass is 10.1. The van der Waals surface area contributed by atoms with Crippen molar-refractivity contribution in [3.8, 4) is 5.69 Å². The van der Waals surface area contributed by atoms with Crippen LogP contribution in [0.2, 0.25) is 0 Å². The normalized spacial score (nSPS) is 14.4. The predicted octanol–water partition coefficient (Wildman–Crippen LogP) is 0.386. The Morgan fingerprint density at radius 2 is 1.96 bits per heavy atom. The highest BCUT2D eigenvalue weighted by atomic mass is 16.2. The van der Waals surface area contributed by atoms with Crippen LogP contribution in [0.15, 0.2) is 42.0 Å². The Balaban J connectivity index is 1.61. The van der Waals surface area contributed by atoms with E-state index in [1.807, 2.05) is 24.3 Å². The third-order valence-corrected chi connectivity index (χ3v) is 3.41. The minimum Gasteiger partial charge on any atom is -0.345 e. The topological polar surface area (TPSA) is 101 Å². The summed E-state index contributed by atoms with van der Waals surface area (Å²) in [7, 11) is 0. The Kier molecular flexibility index (Phi) is 4.13. The molecule has 1 saturated carbocycles. The first-order valence-corrected chi connectivity index (χ1v) is 7.24. The minimum atomic E-state index is -0.754. The molecular formula is C15H16N6O2. The summed E-state index contributed by atoms with van der Waals surface area (Å²) >= 11 is 0. The van der Waals surface area contributed by atoms with E-state index in [0.717, 1.165) is 24.1 Å². The average molecular weight is 312 g/mol. The van der Waals surface area contributed by atoms with E-state index in [9.17, 15) is 9.59 Å². The highest BCUT2D eigenvalue weighted by molar-refractivity contribution is 6.35. The highest BCUT2D eigenvalue weighted by Crippen LogP contribution is 2.18. The second-order valence-electron chi connectivity index (χ2n) is 5.27. The minimum absolute atomic E-state index is 0.141. The standard InChI is InChI=1S/C15H16N6O2/c1-10(19-20-15(23)14(22)18-12-4-5-12)11-2-6-13(7-3-11)21-9-16-8-17-21/h2-3,6-9,12H,4-5H2,1H3,(H,18,22)(H,20,23)/b19-10-. The molecular weight excluding hydrogens is 296 g/mol. The van der Waals surface area contributed by atoms with Crippen LogP contribution in [0.25, 0.3) is 5.69 Å². The second-order valence-corrected chi connectivity index (χ2v) is 5.27. The molecule has 0 atom stereocenters. The average Bonchev–Trinajstić information content (AvgIpc) is 3.21. The van der Waals surface area contributed by atoms with E-state index >= 15 is 0 Å². The number of nitrogens with one attached hydrogen (secondary N) is 2. The van der Waals surface area contributed by atoms with Gasteiger partial charge in [-0.3, -0.25) is 9.59 Å². The fourth-order valence-corrected chi connectivity index (χ4v) is 1.93. The smallest absolute Gasteiger partial charge is 0.329 e. The van der Waals surface area contributed by atoms with Crippen LogP contribution in [0.5, 0.6) is 0 Å². The van der Waals surface area contributed by atoms with Gasteiger partial charge in [-0.25, -0.2) is 15.1 Å². The number of aromatic nitrogens is 3. The Hall–Kier alpha value is -3.03. The Bertz CT molecular complexity index is 732. The van der Waals surface area contributed by atoms with Gasteiger partial charge in [0.05, 0.1) is 11.4 Å². The van der Waals surface area contributed by atoms with Crippen LogP contribution in [0, 0.1) is 0 Å². The van der Waals surface area contributed by atoms with Gasteiger partial charge in [-0.1, -0.05) is 12.1 Å². The van der Waals surface area contributed by atoms with E-state index in [4.69, 9.17) is 0 Å². The van der Waals surface area contributed by atoms with Crippen molar-refractivity contribution in [2.45, 2.75) is 25.8 Å². The molecule has 0 saturated heterocycles. The van der Waals surface area contributed by atoms with Gasteiger partial charge in [-0.05, 0) is 37.5 Å². The van der Waals surface area contributed by atoms with Crippen molar-refractivity contribution in [1.29, 1.82) is 0 Å². The van der Waals surface area contributed by atoms with Crippen LogP contribution in [0.4, 0.5) is 0 Å². The summed E-state index contributed by atoms with van der Waals surface area (Å²) in [6, 6.07) is 7.58. The molecule has 1 aromatic heterocycles. The van der Waals surface area contributed by atoms with Gasteiger partial charge in [0, 0.05) is 6.04 Å². The number of hydrogen-bond donors (Lipinski definition) is 2. The molecule has 1 aromatic carbocycles. The highest BCUT2D eigenvalue weighted by Gasteiger charge is 2.26. The molecule has 2 aromatic rings. The number of nitrogens with zero attached hydrogens (tertiary/aromatic N) is 4. The number of rotatable bonds is 4. The molecule has 1 aliphatic rings. The third-order valence-electron chi connectivity index (χ3n) is 3.41. The van der Waals surface area contributed by atoms with Gasteiger partial charge < -0.3 is 5.32 Å². The zero-order valence-corrected chi connectivity index (χ0v) is 12.6.